The lowest BCUT2D eigenvalue weighted by atomic mass is 10.1. The number of carboxylic acid groups (broad SMARTS) is 1. The van der Waals surface area contributed by atoms with Crippen LogP contribution in [0.1, 0.15) is 5.01 Å². The van der Waals surface area contributed by atoms with Gasteiger partial charge in [0.1, 0.15) is 17.4 Å². The largest absolute Gasteiger partial charge is 0.512 e. The second kappa shape index (κ2) is 7.46. The molecule has 0 saturated heterocycles. The van der Waals surface area contributed by atoms with Gasteiger partial charge in [-0.3, -0.25) is 0 Å². The highest BCUT2D eigenvalue weighted by atomic mass is 79.9. The van der Waals surface area contributed by atoms with E-state index in [0.717, 1.165) is 15.6 Å². The fourth-order valence-electron chi connectivity index (χ4n) is 2.03. The summed E-state index contributed by atoms with van der Waals surface area (Å²) in [5.74, 6) is 0.781. The van der Waals surface area contributed by atoms with Crippen molar-refractivity contribution in [3.8, 4) is 22.8 Å². The molecule has 1 heterocycles. The molecular formula is C17H12BrNO4S. The molecule has 5 nitrogen and oxygen atoms in total. The summed E-state index contributed by atoms with van der Waals surface area (Å²) in [5.41, 5.74) is 2.22. The number of halogens is 1. The molecule has 122 valence electrons. The fraction of sp³-hybridized carbons (Fsp3) is 0.0588. The third-order valence-electron chi connectivity index (χ3n) is 3.12. The maximum absolute atomic E-state index is 10.4. The van der Waals surface area contributed by atoms with Gasteiger partial charge in [0.15, 0.2) is 0 Å². The van der Waals surface area contributed by atoms with Gasteiger partial charge >= 0.3 is 6.16 Å². The quantitative estimate of drug-likeness (QED) is 0.590. The van der Waals surface area contributed by atoms with Gasteiger partial charge in [-0.25, -0.2) is 9.78 Å². The zero-order valence-corrected chi connectivity index (χ0v) is 14.7. The lowest BCUT2D eigenvalue weighted by Gasteiger charge is -2.06. The molecule has 3 rings (SSSR count). The van der Waals surface area contributed by atoms with Gasteiger partial charge in [-0.1, -0.05) is 40.2 Å². The molecule has 0 aliphatic carbocycles. The van der Waals surface area contributed by atoms with Gasteiger partial charge in [-0.15, -0.1) is 11.3 Å². The van der Waals surface area contributed by atoms with Crippen molar-refractivity contribution in [2.45, 2.75) is 6.61 Å². The lowest BCUT2D eigenvalue weighted by molar-refractivity contribution is 0.142. The van der Waals surface area contributed by atoms with E-state index in [2.05, 4.69) is 25.7 Å². The van der Waals surface area contributed by atoms with Crippen molar-refractivity contribution >= 4 is 33.4 Å². The molecule has 7 heteroatoms. The van der Waals surface area contributed by atoms with Crippen molar-refractivity contribution in [2.75, 3.05) is 0 Å². The maximum atomic E-state index is 10.4. The number of hydrogen-bond donors (Lipinski definition) is 1. The average Bonchev–Trinajstić information content (AvgIpc) is 3.01. The Bertz CT molecular complexity index is 831. The van der Waals surface area contributed by atoms with E-state index in [1.54, 1.807) is 0 Å². The minimum atomic E-state index is -1.38. The van der Waals surface area contributed by atoms with Crippen LogP contribution in [0.2, 0.25) is 0 Å². The molecule has 0 spiro atoms. The molecule has 0 radical (unpaired) electrons. The Labute approximate surface area is 150 Å². The second-order valence-corrected chi connectivity index (χ2v) is 6.63. The first kappa shape index (κ1) is 16.5. The van der Waals surface area contributed by atoms with Crippen LogP contribution in [0.4, 0.5) is 4.79 Å². The van der Waals surface area contributed by atoms with Crippen molar-refractivity contribution in [1.82, 2.24) is 4.98 Å². The van der Waals surface area contributed by atoms with Crippen LogP contribution in [0, 0.1) is 0 Å². The van der Waals surface area contributed by atoms with Crippen LogP contribution in [-0.4, -0.2) is 16.2 Å². The highest BCUT2D eigenvalue weighted by molar-refractivity contribution is 9.10. The SMILES string of the molecule is O=C(O)Oc1csc(COc2ccc(-c3ccc(Br)cc3)cc2)n1. The number of nitrogens with zero attached hydrogens (tertiary/aromatic N) is 1. The van der Waals surface area contributed by atoms with E-state index in [4.69, 9.17) is 9.84 Å². The summed E-state index contributed by atoms with van der Waals surface area (Å²) in [6.45, 7) is 0.255. The third kappa shape index (κ3) is 4.33. The van der Waals surface area contributed by atoms with E-state index in [1.807, 2.05) is 48.5 Å². The first-order valence-electron chi connectivity index (χ1n) is 6.94. The van der Waals surface area contributed by atoms with E-state index in [1.165, 1.54) is 16.7 Å². The molecule has 2 aromatic carbocycles. The summed E-state index contributed by atoms with van der Waals surface area (Å²) >= 11 is 4.70. The molecule has 0 saturated carbocycles. The van der Waals surface area contributed by atoms with Crippen LogP contribution in [0.25, 0.3) is 11.1 Å². The molecule has 0 fully saturated rings. The number of ether oxygens (including phenoxy) is 2. The molecule has 0 amide bonds. The van der Waals surface area contributed by atoms with E-state index < -0.39 is 6.16 Å². The van der Waals surface area contributed by atoms with Gasteiger partial charge < -0.3 is 14.6 Å². The number of aromatic nitrogens is 1. The predicted octanol–water partition coefficient (Wildman–Crippen LogP) is 5.21. The minimum absolute atomic E-state index is 0.0664. The van der Waals surface area contributed by atoms with E-state index in [9.17, 15) is 4.79 Å². The Kier molecular flexibility index (Phi) is 5.12. The molecular weight excluding hydrogens is 394 g/mol. The van der Waals surface area contributed by atoms with Gasteiger partial charge in [0.2, 0.25) is 5.88 Å². The summed E-state index contributed by atoms with van der Waals surface area (Å²) in [6.07, 6.45) is -1.38. The van der Waals surface area contributed by atoms with Crippen LogP contribution >= 0.6 is 27.3 Å². The zero-order valence-electron chi connectivity index (χ0n) is 12.3. The van der Waals surface area contributed by atoms with Crippen molar-refractivity contribution in [3.05, 3.63) is 63.4 Å². The topological polar surface area (TPSA) is 68.7 Å². The van der Waals surface area contributed by atoms with Crippen LogP contribution in [-0.2, 0) is 6.61 Å². The Balaban J connectivity index is 1.61. The molecule has 24 heavy (non-hydrogen) atoms. The molecule has 0 bridgehead atoms. The summed E-state index contributed by atoms with van der Waals surface area (Å²) < 4.78 is 11.2. The summed E-state index contributed by atoms with van der Waals surface area (Å²) in [6, 6.07) is 15.8. The summed E-state index contributed by atoms with van der Waals surface area (Å²) in [7, 11) is 0. The van der Waals surface area contributed by atoms with E-state index >= 15 is 0 Å². The summed E-state index contributed by atoms with van der Waals surface area (Å²) in [4.78, 5) is 14.5. The Morgan fingerprint density at radius 1 is 1.08 bits per heavy atom. The molecule has 0 unspecified atom stereocenters. The highest BCUT2D eigenvalue weighted by Crippen LogP contribution is 2.25. The van der Waals surface area contributed by atoms with E-state index in [-0.39, 0.29) is 12.5 Å². The molecule has 0 atom stereocenters. The van der Waals surface area contributed by atoms with Gasteiger partial charge in [-0.2, -0.15) is 0 Å². The van der Waals surface area contributed by atoms with Crippen molar-refractivity contribution in [3.63, 3.8) is 0 Å². The Morgan fingerprint density at radius 2 is 1.71 bits per heavy atom. The highest BCUT2D eigenvalue weighted by Gasteiger charge is 2.07. The van der Waals surface area contributed by atoms with Crippen LogP contribution in [0.3, 0.4) is 0 Å². The molecule has 3 aromatic rings. The first-order chi connectivity index (χ1) is 11.6. The standard InChI is InChI=1S/C17H12BrNO4S/c18-13-5-1-11(2-6-13)12-3-7-14(8-4-12)22-9-16-19-15(10-24-16)23-17(20)21/h1-8,10H,9H2,(H,20,21). The Hall–Kier alpha value is -2.38. The van der Waals surface area contributed by atoms with E-state index in [0.29, 0.717) is 10.8 Å². The van der Waals surface area contributed by atoms with Crippen LogP contribution in [0.15, 0.2) is 58.4 Å². The predicted molar refractivity (Wildman–Crippen MR) is 94.7 cm³/mol. The first-order valence-corrected chi connectivity index (χ1v) is 8.61. The molecule has 1 aromatic heterocycles. The van der Waals surface area contributed by atoms with Gasteiger partial charge in [0.05, 0.1) is 5.38 Å². The average molecular weight is 406 g/mol. The smallest absolute Gasteiger partial charge is 0.486 e. The van der Waals surface area contributed by atoms with Gasteiger partial charge in [0.25, 0.3) is 0 Å². The third-order valence-corrected chi connectivity index (χ3v) is 4.45. The molecule has 1 N–H and O–H groups in total. The maximum Gasteiger partial charge on any atom is 0.512 e. The van der Waals surface area contributed by atoms with Crippen LogP contribution in [0.5, 0.6) is 11.6 Å². The number of carbonyl (C=O) groups is 1. The number of thiazole rings is 1. The molecule has 0 aliphatic rings. The normalized spacial score (nSPS) is 10.4. The molecule has 0 aliphatic heterocycles. The van der Waals surface area contributed by atoms with Crippen molar-refractivity contribution < 1.29 is 19.4 Å². The van der Waals surface area contributed by atoms with Gasteiger partial charge in [-0.05, 0) is 35.4 Å². The monoisotopic (exact) mass is 405 g/mol. The number of benzene rings is 2. The lowest BCUT2D eigenvalue weighted by Crippen LogP contribution is -2.03. The second-order valence-electron chi connectivity index (χ2n) is 4.77. The van der Waals surface area contributed by atoms with Crippen molar-refractivity contribution in [2.24, 2.45) is 0 Å². The van der Waals surface area contributed by atoms with Crippen LogP contribution < -0.4 is 9.47 Å². The van der Waals surface area contributed by atoms with Gasteiger partial charge in [0, 0.05) is 4.47 Å². The summed E-state index contributed by atoms with van der Waals surface area (Å²) in [5, 5.41) is 10.7. The minimum Gasteiger partial charge on any atom is -0.486 e. The number of rotatable bonds is 5. The van der Waals surface area contributed by atoms with Crippen molar-refractivity contribution in [1.29, 1.82) is 0 Å². The zero-order chi connectivity index (χ0) is 16.9. The number of hydrogen-bond acceptors (Lipinski definition) is 5. The fourth-order valence-corrected chi connectivity index (χ4v) is 2.90. The Morgan fingerprint density at radius 3 is 2.33 bits per heavy atom.